The van der Waals surface area contributed by atoms with Gasteiger partial charge in [-0.3, -0.25) is 4.79 Å². The van der Waals surface area contributed by atoms with Gasteiger partial charge in [-0.2, -0.15) is 4.31 Å². The minimum Gasteiger partial charge on any atom is -0.491 e. The van der Waals surface area contributed by atoms with Gasteiger partial charge in [0.05, 0.1) is 12.4 Å². The van der Waals surface area contributed by atoms with Crippen molar-refractivity contribution in [3.05, 3.63) is 54.1 Å². The maximum atomic E-state index is 12.4. The smallest absolute Gasteiger partial charge is 0.255 e. The molecule has 2 aromatic rings. The number of nitrogens with zero attached hydrogens (tertiary/aromatic N) is 2. The first-order valence-electron chi connectivity index (χ1n) is 9.60. The van der Waals surface area contributed by atoms with Gasteiger partial charge in [-0.15, -0.1) is 0 Å². The van der Waals surface area contributed by atoms with Crippen molar-refractivity contribution in [3.63, 3.8) is 0 Å². The molecule has 0 unspecified atom stereocenters. The van der Waals surface area contributed by atoms with Crippen LogP contribution in [0.5, 0.6) is 5.75 Å². The summed E-state index contributed by atoms with van der Waals surface area (Å²) in [5.41, 5.74) is 2.27. The van der Waals surface area contributed by atoms with Crippen LogP contribution in [-0.2, 0) is 10.0 Å². The van der Waals surface area contributed by atoms with Gasteiger partial charge in [-0.25, -0.2) is 8.42 Å². The van der Waals surface area contributed by atoms with Crippen LogP contribution in [0.3, 0.4) is 0 Å². The highest BCUT2D eigenvalue weighted by Gasteiger charge is 2.23. The Bertz CT molecular complexity index is 933. The van der Waals surface area contributed by atoms with E-state index in [0.29, 0.717) is 37.4 Å². The van der Waals surface area contributed by atoms with Gasteiger partial charge in [0, 0.05) is 43.1 Å². The molecule has 0 saturated carbocycles. The van der Waals surface area contributed by atoms with Gasteiger partial charge in [0.15, 0.2) is 0 Å². The fourth-order valence-corrected chi connectivity index (χ4v) is 4.02. The number of ether oxygens (including phenoxy) is 1. The van der Waals surface area contributed by atoms with E-state index < -0.39 is 10.0 Å². The van der Waals surface area contributed by atoms with Crippen LogP contribution in [0.4, 0.5) is 11.4 Å². The summed E-state index contributed by atoms with van der Waals surface area (Å²) in [6.07, 6.45) is 1.33. The Morgan fingerprint density at radius 1 is 0.966 bits per heavy atom. The second-order valence-electron chi connectivity index (χ2n) is 7.34. The van der Waals surface area contributed by atoms with Crippen LogP contribution in [0.2, 0.25) is 0 Å². The second-order valence-corrected chi connectivity index (χ2v) is 9.32. The standard InChI is InChI=1S/C21H27N3O4S/c1-16(2)28-20-10-4-17(5-11-20)21(25)22-18-6-8-19(9-7-18)23-12-14-24(15-13-23)29(3,26)27/h4-11,16H,12-15H2,1-3H3,(H,22,25). The zero-order valence-electron chi connectivity index (χ0n) is 17.0. The summed E-state index contributed by atoms with van der Waals surface area (Å²) >= 11 is 0. The van der Waals surface area contributed by atoms with Gasteiger partial charge in [0.2, 0.25) is 10.0 Å². The number of hydrogen-bond donors (Lipinski definition) is 1. The van der Waals surface area contributed by atoms with Crippen molar-refractivity contribution in [3.8, 4) is 5.75 Å². The number of rotatable bonds is 6. The van der Waals surface area contributed by atoms with Gasteiger partial charge < -0.3 is 15.0 Å². The van der Waals surface area contributed by atoms with Crippen molar-refractivity contribution < 1.29 is 17.9 Å². The molecule has 29 heavy (non-hydrogen) atoms. The Morgan fingerprint density at radius 3 is 2.07 bits per heavy atom. The van der Waals surface area contributed by atoms with Crippen molar-refractivity contribution >= 4 is 27.3 Å². The van der Waals surface area contributed by atoms with Crippen LogP contribution in [0.25, 0.3) is 0 Å². The zero-order valence-corrected chi connectivity index (χ0v) is 17.8. The molecule has 0 aliphatic carbocycles. The number of hydrogen-bond acceptors (Lipinski definition) is 5. The summed E-state index contributed by atoms with van der Waals surface area (Å²) in [5.74, 6) is 0.549. The molecule has 1 aliphatic rings. The number of carbonyl (C=O) groups is 1. The molecule has 1 aliphatic heterocycles. The summed E-state index contributed by atoms with van der Waals surface area (Å²) in [7, 11) is -3.14. The number of carbonyl (C=O) groups excluding carboxylic acids is 1. The highest BCUT2D eigenvalue weighted by atomic mass is 32.2. The van der Waals surface area contributed by atoms with Crippen molar-refractivity contribution in [2.75, 3.05) is 42.7 Å². The normalized spacial score (nSPS) is 15.4. The van der Waals surface area contributed by atoms with Gasteiger partial charge >= 0.3 is 0 Å². The molecule has 7 nitrogen and oxygen atoms in total. The van der Waals surface area contributed by atoms with E-state index in [0.717, 1.165) is 11.4 Å². The summed E-state index contributed by atoms with van der Waals surface area (Å²) in [6, 6.07) is 14.6. The van der Waals surface area contributed by atoms with Gasteiger partial charge in [0.1, 0.15) is 5.75 Å². The Labute approximate surface area is 172 Å². The lowest BCUT2D eigenvalue weighted by molar-refractivity contribution is 0.102. The number of anilines is 2. The molecule has 156 valence electrons. The Kier molecular flexibility index (Phi) is 6.44. The minimum absolute atomic E-state index is 0.0857. The first kappa shape index (κ1) is 21.1. The second kappa shape index (κ2) is 8.84. The molecule has 3 rings (SSSR count). The third-order valence-corrected chi connectivity index (χ3v) is 5.99. The van der Waals surface area contributed by atoms with Crippen LogP contribution in [0.15, 0.2) is 48.5 Å². The topological polar surface area (TPSA) is 79.0 Å². The lowest BCUT2D eigenvalue weighted by atomic mass is 10.2. The number of amides is 1. The highest BCUT2D eigenvalue weighted by Crippen LogP contribution is 2.21. The zero-order chi connectivity index (χ0) is 21.0. The van der Waals surface area contributed by atoms with Crippen LogP contribution < -0.4 is 15.0 Å². The maximum Gasteiger partial charge on any atom is 0.255 e. The fraction of sp³-hybridized carbons (Fsp3) is 0.381. The van der Waals surface area contributed by atoms with E-state index in [1.165, 1.54) is 10.6 Å². The average Bonchev–Trinajstić information content (AvgIpc) is 2.68. The molecular weight excluding hydrogens is 390 g/mol. The molecule has 0 radical (unpaired) electrons. The summed E-state index contributed by atoms with van der Waals surface area (Å²) in [6.45, 7) is 6.15. The minimum atomic E-state index is -3.14. The molecule has 0 bridgehead atoms. The van der Waals surface area contributed by atoms with Crippen LogP contribution in [0.1, 0.15) is 24.2 Å². The van der Waals surface area contributed by atoms with Crippen molar-refractivity contribution in [2.24, 2.45) is 0 Å². The third-order valence-electron chi connectivity index (χ3n) is 4.69. The molecule has 0 spiro atoms. The molecule has 2 aromatic carbocycles. The molecule has 8 heteroatoms. The predicted octanol–water partition coefficient (Wildman–Crippen LogP) is 2.81. The van der Waals surface area contributed by atoms with E-state index >= 15 is 0 Å². The highest BCUT2D eigenvalue weighted by molar-refractivity contribution is 7.88. The van der Waals surface area contributed by atoms with Crippen LogP contribution >= 0.6 is 0 Å². The molecular formula is C21H27N3O4S. The van der Waals surface area contributed by atoms with E-state index in [2.05, 4.69) is 10.2 Å². The number of benzene rings is 2. The van der Waals surface area contributed by atoms with E-state index in [1.54, 1.807) is 24.3 Å². The first-order valence-corrected chi connectivity index (χ1v) is 11.5. The van der Waals surface area contributed by atoms with Crippen LogP contribution in [0, 0.1) is 0 Å². The van der Waals surface area contributed by atoms with Crippen molar-refractivity contribution in [2.45, 2.75) is 20.0 Å². The number of nitrogens with one attached hydrogen (secondary N) is 1. The summed E-state index contributed by atoms with van der Waals surface area (Å²) in [4.78, 5) is 14.6. The van der Waals surface area contributed by atoms with Gasteiger partial charge in [-0.1, -0.05) is 0 Å². The molecule has 0 aromatic heterocycles. The Balaban J connectivity index is 1.57. The van der Waals surface area contributed by atoms with E-state index in [-0.39, 0.29) is 12.0 Å². The summed E-state index contributed by atoms with van der Waals surface area (Å²) < 4.78 is 30.3. The molecule has 1 heterocycles. The largest absolute Gasteiger partial charge is 0.491 e. The molecule has 1 amide bonds. The Hall–Kier alpha value is -2.58. The lowest BCUT2D eigenvalue weighted by Gasteiger charge is -2.34. The first-order chi connectivity index (χ1) is 13.7. The lowest BCUT2D eigenvalue weighted by Crippen LogP contribution is -2.48. The van der Waals surface area contributed by atoms with E-state index in [1.807, 2.05) is 38.1 Å². The monoisotopic (exact) mass is 417 g/mol. The quantitative estimate of drug-likeness (QED) is 0.782. The van der Waals surface area contributed by atoms with Crippen molar-refractivity contribution in [1.82, 2.24) is 4.31 Å². The Morgan fingerprint density at radius 2 is 1.55 bits per heavy atom. The SMILES string of the molecule is CC(C)Oc1ccc(C(=O)Nc2ccc(N3CCN(S(C)(=O)=O)CC3)cc2)cc1. The fourth-order valence-electron chi connectivity index (χ4n) is 3.19. The van der Waals surface area contributed by atoms with Crippen LogP contribution in [-0.4, -0.2) is 57.2 Å². The van der Waals surface area contributed by atoms with E-state index in [9.17, 15) is 13.2 Å². The van der Waals surface area contributed by atoms with Crippen molar-refractivity contribution in [1.29, 1.82) is 0 Å². The average molecular weight is 418 g/mol. The van der Waals surface area contributed by atoms with Gasteiger partial charge in [-0.05, 0) is 62.4 Å². The molecule has 1 saturated heterocycles. The summed E-state index contributed by atoms with van der Waals surface area (Å²) in [5, 5.41) is 2.89. The molecule has 1 fully saturated rings. The number of sulfonamides is 1. The molecule has 1 N–H and O–H groups in total. The third kappa shape index (κ3) is 5.71. The van der Waals surface area contributed by atoms with E-state index in [4.69, 9.17) is 4.74 Å². The number of piperazine rings is 1. The maximum absolute atomic E-state index is 12.4. The predicted molar refractivity (Wildman–Crippen MR) is 115 cm³/mol. The molecule has 0 atom stereocenters. The van der Waals surface area contributed by atoms with Gasteiger partial charge in [0.25, 0.3) is 5.91 Å².